The summed E-state index contributed by atoms with van der Waals surface area (Å²) in [6, 6.07) is 12.3. The number of carbonyl (C=O) groups is 1. The van der Waals surface area contributed by atoms with Crippen molar-refractivity contribution in [2.45, 2.75) is 13.5 Å². The molecule has 1 aliphatic rings. The number of anilines is 1. The van der Waals surface area contributed by atoms with Crippen LogP contribution in [0.2, 0.25) is 0 Å². The Labute approximate surface area is 146 Å². The molecule has 1 N–H and O–H groups in total. The summed E-state index contributed by atoms with van der Waals surface area (Å²) in [5, 5.41) is 2.98. The van der Waals surface area contributed by atoms with Gasteiger partial charge < -0.3 is 15.0 Å². The molecule has 0 aliphatic carbocycles. The lowest BCUT2D eigenvalue weighted by molar-refractivity contribution is -0.116. The predicted octanol–water partition coefficient (Wildman–Crippen LogP) is 3.22. The standard InChI is InChI=1S/C19H22N2O2S/c1-15-6-7-17(24-15)8-9-19(22)20-14-16-4-2-3-5-18(16)21-10-12-23-13-11-21/h2-9H,10-14H2,1H3,(H,20,22)/b9-8+. The summed E-state index contributed by atoms with van der Waals surface area (Å²) in [5.41, 5.74) is 2.31. The lowest BCUT2D eigenvalue weighted by Crippen LogP contribution is -2.37. The van der Waals surface area contributed by atoms with E-state index in [1.165, 1.54) is 10.6 Å². The Bertz CT molecular complexity index is 718. The first-order chi connectivity index (χ1) is 11.7. The van der Waals surface area contributed by atoms with E-state index in [0.29, 0.717) is 6.54 Å². The van der Waals surface area contributed by atoms with Gasteiger partial charge in [0.2, 0.25) is 5.91 Å². The lowest BCUT2D eigenvalue weighted by atomic mass is 10.1. The monoisotopic (exact) mass is 342 g/mol. The van der Waals surface area contributed by atoms with E-state index in [2.05, 4.69) is 35.3 Å². The van der Waals surface area contributed by atoms with Crippen molar-refractivity contribution < 1.29 is 9.53 Å². The number of thiophene rings is 1. The summed E-state index contributed by atoms with van der Waals surface area (Å²) in [6.45, 7) is 5.88. The smallest absolute Gasteiger partial charge is 0.244 e. The minimum absolute atomic E-state index is 0.0715. The van der Waals surface area contributed by atoms with Crippen molar-refractivity contribution in [3.05, 3.63) is 57.8 Å². The van der Waals surface area contributed by atoms with E-state index in [0.717, 1.165) is 36.7 Å². The summed E-state index contributed by atoms with van der Waals surface area (Å²) in [7, 11) is 0. The number of benzene rings is 1. The van der Waals surface area contributed by atoms with Gasteiger partial charge in [0.1, 0.15) is 0 Å². The highest BCUT2D eigenvalue weighted by Gasteiger charge is 2.14. The van der Waals surface area contributed by atoms with Gasteiger partial charge in [0, 0.05) is 41.2 Å². The molecule has 1 fully saturated rings. The molecule has 1 amide bonds. The van der Waals surface area contributed by atoms with Crippen LogP contribution in [0.15, 0.2) is 42.5 Å². The molecular formula is C19H22N2O2S. The fourth-order valence-corrected chi connectivity index (χ4v) is 3.50. The molecule has 0 atom stereocenters. The zero-order valence-corrected chi connectivity index (χ0v) is 14.6. The highest BCUT2D eigenvalue weighted by molar-refractivity contribution is 7.12. The first kappa shape index (κ1) is 16.7. The zero-order valence-electron chi connectivity index (χ0n) is 13.8. The molecule has 1 aromatic carbocycles. The van der Waals surface area contributed by atoms with Crippen molar-refractivity contribution in [2.75, 3.05) is 31.2 Å². The molecule has 0 unspecified atom stereocenters. The van der Waals surface area contributed by atoms with Crippen LogP contribution in [-0.4, -0.2) is 32.2 Å². The Morgan fingerprint density at radius 1 is 1.25 bits per heavy atom. The second-order valence-corrected chi connectivity index (χ2v) is 7.05. The summed E-state index contributed by atoms with van der Waals surface area (Å²) in [6.07, 6.45) is 3.46. The molecule has 1 aromatic heterocycles. The van der Waals surface area contributed by atoms with Crippen LogP contribution in [0.4, 0.5) is 5.69 Å². The minimum Gasteiger partial charge on any atom is -0.378 e. The molecule has 1 aliphatic heterocycles. The van der Waals surface area contributed by atoms with Crippen LogP contribution in [0.25, 0.3) is 6.08 Å². The summed E-state index contributed by atoms with van der Waals surface area (Å²) in [5.74, 6) is -0.0715. The van der Waals surface area contributed by atoms with Gasteiger partial charge in [-0.05, 0) is 36.8 Å². The maximum absolute atomic E-state index is 12.1. The van der Waals surface area contributed by atoms with Crippen molar-refractivity contribution in [3.63, 3.8) is 0 Å². The maximum atomic E-state index is 12.1. The van der Waals surface area contributed by atoms with E-state index < -0.39 is 0 Å². The van der Waals surface area contributed by atoms with Crippen LogP contribution in [0.1, 0.15) is 15.3 Å². The molecule has 126 valence electrons. The Kier molecular flexibility index (Phi) is 5.67. The average molecular weight is 342 g/mol. The van der Waals surface area contributed by atoms with Gasteiger partial charge in [-0.15, -0.1) is 11.3 Å². The molecule has 2 aromatic rings. The van der Waals surface area contributed by atoms with E-state index in [1.807, 2.05) is 24.3 Å². The fraction of sp³-hybridized carbons (Fsp3) is 0.316. The lowest BCUT2D eigenvalue weighted by Gasteiger charge is -2.30. The molecule has 0 saturated carbocycles. The van der Waals surface area contributed by atoms with Crippen molar-refractivity contribution in [1.82, 2.24) is 5.32 Å². The van der Waals surface area contributed by atoms with Gasteiger partial charge >= 0.3 is 0 Å². The molecule has 4 nitrogen and oxygen atoms in total. The van der Waals surface area contributed by atoms with E-state index in [-0.39, 0.29) is 5.91 Å². The van der Waals surface area contributed by atoms with Gasteiger partial charge in [0.25, 0.3) is 0 Å². The number of ether oxygens (including phenoxy) is 1. The highest BCUT2D eigenvalue weighted by atomic mass is 32.1. The summed E-state index contributed by atoms with van der Waals surface area (Å²) < 4.78 is 5.42. The third kappa shape index (κ3) is 4.46. The molecule has 5 heteroatoms. The number of amides is 1. The third-order valence-electron chi connectivity index (χ3n) is 3.96. The van der Waals surface area contributed by atoms with E-state index in [1.54, 1.807) is 17.4 Å². The predicted molar refractivity (Wildman–Crippen MR) is 99.4 cm³/mol. The molecule has 2 heterocycles. The number of nitrogens with one attached hydrogen (secondary N) is 1. The summed E-state index contributed by atoms with van der Waals surface area (Å²) >= 11 is 1.68. The first-order valence-electron chi connectivity index (χ1n) is 8.15. The van der Waals surface area contributed by atoms with E-state index in [4.69, 9.17) is 4.74 Å². The maximum Gasteiger partial charge on any atom is 0.244 e. The molecule has 0 spiro atoms. The topological polar surface area (TPSA) is 41.6 Å². The largest absolute Gasteiger partial charge is 0.378 e. The van der Waals surface area contributed by atoms with E-state index >= 15 is 0 Å². The van der Waals surface area contributed by atoms with Crippen LogP contribution in [-0.2, 0) is 16.1 Å². The Morgan fingerprint density at radius 2 is 2.04 bits per heavy atom. The number of hydrogen-bond acceptors (Lipinski definition) is 4. The van der Waals surface area contributed by atoms with Gasteiger partial charge in [0.15, 0.2) is 0 Å². The van der Waals surface area contributed by atoms with Crippen LogP contribution >= 0.6 is 11.3 Å². The van der Waals surface area contributed by atoms with Crippen LogP contribution in [0, 0.1) is 6.92 Å². The number of hydrogen-bond donors (Lipinski definition) is 1. The number of para-hydroxylation sites is 1. The number of aryl methyl sites for hydroxylation is 1. The molecule has 24 heavy (non-hydrogen) atoms. The quantitative estimate of drug-likeness (QED) is 0.848. The normalized spacial score (nSPS) is 15.0. The Hall–Kier alpha value is -2.11. The van der Waals surface area contributed by atoms with Gasteiger partial charge in [-0.1, -0.05) is 18.2 Å². The molecular weight excluding hydrogens is 320 g/mol. The van der Waals surface area contributed by atoms with Crippen molar-refractivity contribution >= 4 is 29.0 Å². The Balaban J connectivity index is 1.60. The van der Waals surface area contributed by atoms with Crippen molar-refractivity contribution in [2.24, 2.45) is 0 Å². The van der Waals surface area contributed by atoms with Crippen LogP contribution in [0.3, 0.4) is 0 Å². The average Bonchev–Trinajstić information content (AvgIpc) is 3.04. The van der Waals surface area contributed by atoms with Gasteiger partial charge in [-0.3, -0.25) is 4.79 Å². The van der Waals surface area contributed by atoms with Crippen LogP contribution in [0.5, 0.6) is 0 Å². The SMILES string of the molecule is Cc1ccc(/C=C/C(=O)NCc2ccccc2N2CCOCC2)s1. The van der Waals surface area contributed by atoms with Crippen molar-refractivity contribution in [1.29, 1.82) is 0 Å². The summed E-state index contributed by atoms with van der Waals surface area (Å²) in [4.78, 5) is 16.7. The molecule has 0 radical (unpaired) electrons. The van der Waals surface area contributed by atoms with Crippen LogP contribution < -0.4 is 10.2 Å². The van der Waals surface area contributed by atoms with E-state index in [9.17, 15) is 4.79 Å². The second kappa shape index (κ2) is 8.13. The third-order valence-corrected chi connectivity index (χ3v) is 4.92. The van der Waals surface area contributed by atoms with Gasteiger partial charge in [-0.25, -0.2) is 0 Å². The zero-order chi connectivity index (χ0) is 16.8. The molecule has 0 bridgehead atoms. The Morgan fingerprint density at radius 3 is 2.79 bits per heavy atom. The first-order valence-corrected chi connectivity index (χ1v) is 8.97. The van der Waals surface area contributed by atoms with Crippen molar-refractivity contribution in [3.8, 4) is 0 Å². The number of nitrogens with zero attached hydrogens (tertiary/aromatic N) is 1. The number of rotatable bonds is 5. The highest BCUT2D eigenvalue weighted by Crippen LogP contribution is 2.21. The number of morpholine rings is 1. The second-order valence-electron chi connectivity index (χ2n) is 5.73. The molecule has 1 saturated heterocycles. The fourth-order valence-electron chi connectivity index (χ4n) is 2.72. The minimum atomic E-state index is -0.0715. The van der Waals surface area contributed by atoms with Gasteiger partial charge in [-0.2, -0.15) is 0 Å². The molecule has 3 rings (SSSR count). The van der Waals surface area contributed by atoms with Gasteiger partial charge in [0.05, 0.1) is 13.2 Å². The number of carbonyl (C=O) groups excluding carboxylic acids is 1.